The lowest BCUT2D eigenvalue weighted by Gasteiger charge is -2.40. The lowest BCUT2D eigenvalue weighted by molar-refractivity contribution is -0.137. The SMILES string of the molecule is CNC(=O)C(C)(C)OC(=O)N1CCc2cc(OCc3nc(C)ccc3OC)ccc2C1C(C)C. The number of nitrogens with one attached hydrogen (secondary N) is 1. The van der Waals surface area contributed by atoms with Crippen LogP contribution >= 0.6 is 0 Å². The van der Waals surface area contributed by atoms with E-state index in [1.54, 1.807) is 25.9 Å². The van der Waals surface area contributed by atoms with Gasteiger partial charge in [0.25, 0.3) is 5.91 Å². The van der Waals surface area contributed by atoms with E-state index in [-0.39, 0.29) is 17.9 Å². The number of nitrogens with zero attached hydrogens (tertiary/aromatic N) is 2. The maximum Gasteiger partial charge on any atom is 0.411 e. The topological polar surface area (TPSA) is 90.0 Å². The molecule has 8 nitrogen and oxygen atoms in total. The van der Waals surface area contributed by atoms with Crippen molar-refractivity contribution in [2.45, 2.75) is 59.3 Å². The Morgan fingerprint density at radius 3 is 2.62 bits per heavy atom. The largest absolute Gasteiger partial charge is 0.495 e. The standard InChI is InChI=1S/C26H35N3O5/c1-16(2)23-20-10-9-19(33-15-21-22(32-7)11-8-17(3)28-21)14-18(20)12-13-29(23)25(31)34-26(4,5)24(30)27-6/h8-11,14,16,23H,12-13,15H2,1-7H3,(H,27,30). The van der Waals surface area contributed by atoms with Crippen molar-refractivity contribution in [1.29, 1.82) is 0 Å². The van der Waals surface area contributed by atoms with Crippen molar-refractivity contribution in [3.63, 3.8) is 0 Å². The first kappa shape index (κ1) is 25.3. The van der Waals surface area contributed by atoms with Crippen molar-refractivity contribution in [2.75, 3.05) is 20.7 Å². The van der Waals surface area contributed by atoms with Crippen LogP contribution in [0.5, 0.6) is 11.5 Å². The summed E-state index contributed by atoms with van der Waals surface area (Å²) in [6.45, 7) is 10.1. The summed E-state index contributed by atoms with van der Waals surface area (Å²) in [6, 6.07) is 9.59. The Balaban J connectivity index is 1.79. The van der Waals surface area contributed by atoms with Crippen LogP contribution in [0.2, 0.25) is 0 Å². The Hall–Kier alpha value is -3.29. The van der Waals surface area contributed by atoms with E-state index in [4.69, 9.17) is 14.2 Å². The zero-order chi connectivity index (χ0) is 25.0. The van der Waals surface area contributed by atoms with Crippen LogP contribution in [-0.2, 0) is 22.6 Å². The van der Waals surface area contributed by atoms with Gasteiger partial charge in [-0.25, -0.2) is 4.79 Å². The maximum absolute atomic E-state index is 13.1. The van der Waals surface area contributed by atoms with Crippen LogP contribution in [0.4, 0.5) is 4.79 Å². The number of benzene rings is 1. The van der Waals surface area contributed by atoms with Crippen molar-refractivity contribution in [3.05, 3.63) is 52.8 Å². The molecular formula is C26H35N3O5. The summed E-state index contributed by atoms with van der Waals surface area (Å²) in [5.41, 5.74) is 2.59. The molecule has 2 amide bonds. The molecule has 0 bridgehead atoms. The van der Waals surface area contributed by atoms with E-state index in [1.807, 2.05) is 37.3 Å². The number of amides is 2. The van der Waals surface area contributed by atoms with E-state index in [0.29, 0.717) is 25.3 Å². The highest BCUT2D eigenvalue weighted by Gasteiger charge is 2.38. The van der Waals surface area contributed by atoms with Gasteiger partial charge in [-0.05, 0) is 68.5 Å². The van der Waals surface area contributed by atoms with Gasteiger partial charge in [-0.2, -0.15) is 0 Å². The first-order valence-corrected chi connectivity index (χ1v) is 11.5. The number of ether oxygens (including phenoxy) is 3. The molecule has 1 unspecified atom stereocenters. The van der Waals surface area contributed by atoms with E-state index in [9.17, 15) is 9.59 Å². The van der Waals surface area contributed by atoms with Gasteiger partial charge < -0.3 is 24.4 Å². The Bertz CT molecular complexity index is 1050. The van der Waals surface area contributed by atoms with Crippen LogP contribution in [0.25, 0.3) is 0 Å². The van der Waals surface area contributed by atoms with E-state index < -0.39 is 11.7 Å². The normalized spacial score (nSPS) is 15.5. The van der Waals surface area contributed by atoms with Gasteiger partial charge in [0.05, 0.1) is 13.2 Å². The molecule has 1 aliphatic rings. The summed E-state index contributed by atoms with van der Waals surface area (Å²) in [4.78, 5) is 31.4. The molecule has 2 heterocycles. The van der Waals surface area contributed by atoms with E-state index in [2.05, 4.69) is 24.1 Å². The number of pyridine rings is 1. The average molecular weight is 470 g/mol. The summed E-state index contributed by atoms with van der Waals surface area (Å²) in [6.07, 6.45) is 0.174. The first-order valence-electron chi connectivity index (χ1n) is 11.5. The van der Waals surface area contributed by atoms with Gasteiger partial charge in [-0.15, -0.1) is 0 Å². The third-order valence-electron chi connectivity index (χ3n) is 6.04. The van der Waals surface area contributed by atoms with Crippen molar-refractivity contribution in [1.82, 2.24) is 15.2 Å². The summed E-state index contributed by atoms with van der Waals surface area (Å²) >= 11 is 0. The van der Waals surface area contributed by atoms with Gasteiger partial charge in [0.15, 0.2) is 5.60 Å². The summed E-state index contributed by atoms with van der Waals surface area (Å²) in [5, 5.41) is 2.54. The highest BCUT2D eigenvalue weighted by atomic mass is 16.6. The molecule has 1 aliphatic heterocycles. The van der Waals surface area contributed by atoms with E-state index in [0.717, 1.165) is 28.3 Å². The van der Waals surface area contributed by atoms with Gasteiger partial charge >= 0.3 is 6.09 Å². The number of hydrogen-bond acceptors (Lipinski definition) is 6. The molecular weight excluding hydrogens is 434 g/mol. The van der Waals surface area contributed by atoms with Crippen LogP contribution in [0, 0.1) is 12.8 Å². The zero-order valence-electron chi connectivity index (χ0n) is 21.1. The third-order valence-corrected chi connectivity index (χ3v) is 6.04. The van der Waals surface area contributed by atoms with Gasteiger partial charge in [0.2, 0.25) is 0 Å². The van der Waals surface area contributed by atoms with Crippen LogP contribution in [-0.4, -0.2) is 48.2 Å². The van der Waals surface area contributed by atoms with Crippen LogP contribution in [0.3, 0.4) is 0 Å². The molecule has 0 aliphatic carbocycles. The second-order valence-electron chi connectivity index (χ2n) is 9.34. The highest BCUT2D eigenvalue weighted by Crippen LogP contribution is 2.38. The monoisotopic (exact) mass is 469 g/mol. The van der Waals surface area contributed by atoms with Gasteiger partial charge in [0, 0.05) is 19.3 Å². The smallest absolute Gasteiger partial charge is 0.411 e. The average Bonchev–Trinajstić information content (AvgIpc) is 2.80. The van der Waals surface area contributed by atoms with E-state index >= 15 is 0 Å². The fourth-order valence-corrected chi connectivity index (χ4v) is 4.31. The fourth-order valence-electron chi connectivity index (χ4n) is 4.31. The highest BCUT2D eigenvalue weighted by molar-refractivity contribution is 5.86. The Morgan fingerprint density at radius 2 is 1.97 bits per heavy atom. The second kappa shape index (κ2) is 10.3. The number of methoxy groups -OCH3 is 1. The minimum absolute atomic E-state index is 0.155. The number of carbonyl (C=O) groups is 2. The molecule has 1 aromatic carbocycles. The van der Waals surface area contributed by atoms with Crippen LogP contribution in [0.15, 0.2) is 30.3 Å². The van der Waals surface area contributed by atoms with Crippen molar-refractivity contribution < 1.29 is 23.8 Å². The number of aromatic nitrogens is 1. The molecule has 0 radical (unpaired) electrons. The van der Waals surface area contributed by atoms with Crippen molar-refractivity contribution >= 4 is 12.0 Å². The van der Waals surface area contributed by atoms with Crippen molar-refractivity contribution in [3.8, 4) is 11.5 Å². The third kappa shape index (κ3) is 5.43. The molecule has 0 saturated heterocycles. The van der Waals surface area contributed by atoms with Crippen LogP contribution < -0.4 is 14.8 Å². The summed E-state index contributed by atoms with van der Waals surface area (Å²) in [5.74, 6) is 1.24. The van der Waals surface area contributed by atoms with Gasteiger partial charge in [-0.1, -0.05) is 19.9 Å². The molecule has 3 rings (SSSR count). The molecule has 2 aromatic rings. The number of hydrogen-bond donors (Lipinski definition) is 1. The number of carbonyl (C=O) groups excluding carboxylic acids is 2. The summed E-state index contributed by atoms with van der Waals surface area (Å²) < 4.78 is 17.0. The van der Waals surface area contributed by atoms with Crippen molar-refractivity contribution in [2.24, 2.45) is 5.92 Å². The molecule has 184 valence electrons. The first-order chi connectivity index (χ1) is 16.1. The van der Waals surface area contributed by atoms with Crippen LogP contribution in [0.1, 0.15) is 56.3 Å². The van der Waals surface area contributed by atoms with Gasteiger partial charge in [0.1, 0.15) is 23.8 Å². The number of likely N-dealkylation sites (N-methyl/N-ethyl adjacent to an activating group) is 1. The Labute approximate surface area is 201 Å². The van der Waals surface area contributed by atoms with Gasteiger partial charge in [-0.3, -0.25) is 9.78 Å². The lowest BCUT2D eigenvalue weighted by Crippen LogP contribution is -2.49. The molecule has 1 N–H and O–H groups in total. The molecule has 1 atom stereocenters. The lowest BCUT2D eigenvalue weighted by atomic mass is 9.86. The maximum atomic E-state index is 13.1. The van der Waals surface area contributed by atoms with E-state index in [1.165, 1.54) is 7.05 Å². The number of fused-ring (bicyclic) bond motifs is 1. The number of aryl methyl sites for hydroxylation is 1. The molecule has 0 saturated carbocycles. The zero-order valence-corrected chi connectivity index (χ0v) is 21.1. The predicted octanol–water partition coefficient (Wildman–Crippen LogP) is 4.19. The Kier molecular flexibility index (Phi) is 7.69. The number of rotatable bonds is 7. The Morgan fingerprint density at radius 1 is 1.24 bits per heavy atom. The fraction of sp³-hybridized carbons (Fsp3) is 0.500. The minimum atomic E-state index is -1.25. The molecule has 0 spiro atoms. The second-order valence-corrected chi connectivity index (χ2v) is 9.34. The molecule has 8 heteroatoms. The minimum Gasteiger partial charge on any atom is -0.495 e. The predicted molar refractivity (Wildman–Crippen MR) is 129 cm³/mol. The quantitative estimate of drug-likeness (QED) is 0.654. The molecule has 0 fully saturated rings. The molecule has 34 heavy (non-hydrogen) atoms. The molecule has 1 aromatic heterocycles. The summed E-state index contributed by atoms with van der Waals surface area (Å²) in [7, 11) is 3.14.